The zero-order valence-corrected chi connectivity index (χ0v) is 8.43. The summed E-state index contributed by atoms with van der Waals surface area (Å²) in [5.74, 6) is 3.89. The van der Waals surface area contributed by atoms with E-state index in [1.807, 2.05) is 0 Å². The van der Waals surface area contributed by atoms with Gasteiger partial charge in [-0.1, -0.05) is 35.1 Å². The number of hydrogen-bond acceptors (Lipinski definition) is 0. The van der Waals surface area contributed by atoms with Crippen LogP contribution in [0.25, 0.3) is 0 Å². The molecule has 0 aromatic rings. The molecule has 0 nitrogen and oxygen atoms in total. The van der Waals surface area contributed by atoms with Crippen molar-refractivity contribution >= 4 is 0 Å². The predicted octanol–water partition coefficient (Wildman–Crippen LogP) is 4.35. The monoisotopic (exact) mass is 170 g/mol. The van der Waals surface area contributed by atoms with Crippen LogP contribution in [0.1, 0.15) is 54.4 Å². The molecule has 0 radical (unpaired) electrons. The molecule has 2 atom stereocenters. The van der Waals surface area contributed by atoms with Crippen LogP contribution in [0, 0.1) is 23.7 Å². The van der Waals surface area contributed by atoms with Crippen molar-refractivity contribution < 1.29 is 0 Å². The van der Waals surface area contributed by atoms with Gasteiger partial charge in [-0.25, -0.2) is 0 Å². The number of hydrogen-bond donors (Lipinski definition) is 0. The molecular weight excluding hydrogens is 144 g/mol. The SMILES string of the molecule is C.CC(C)C1CCC(C(C)C)C1. The molecule has 74 valence electrons. The van der Waals surface area contributed by atoms with Crippen LogP contribution >= 0.6 is 0 Å². The normalized spacial score (nSPS) is 29.5. The molecule has 0 aliphatic heterocycles. The van der Waals surface area contributed by atoms with E-state index in [1.54, 1.807) is 0 Å². The van der Waals surface area contributed by atoms with Gasteiger partial charge in [0, 0.05) is 0 Å². The Hall–Kier alpha value is 0. The first-order chi connectivity index (χ1) is 5.11. The lowest BCUT2D eigenvalue weighted by atomic mass is 9.89. The quantitative estimate of drug-likeness (QED) is 0.578. The summed E-state index contributed by atoms with van der Waals surface area (Å²) in [4.78, 5) is 0. The van der Waals surface area contributed by atoms with Crippen LogP contribution in [0.2, 0.25) is 0 Å². The van der Waals surface area contributed by atoms with Gasteiger partial charge in [0.1, 0.15) is 0 Å². The molecule has 1 aliphatic carbocycles. The molecular formula is C12H26. The molecule has 0 saturated heterocycles. The van der Waals surface area contributed by atoms with Gasteiger partial charge in [-0.3, -0.25) is 0 Å². The Labute approximate surface area is 78.8 Å². The van der Waals surface area contributed by atoms with Crippen molar-refractivity contribution in [1.82, 2.24) is 0 Å². The van der Waals surface area contributed by atoms with Crippen LogP contribution in [-0.2, 0) is 0 Å². The topological polar surface area (TPSA) is 0 Å². The van der Waals surface area contributed by atoms with E-state index in [-0.39, 0.29) is 7.43 Å². The Morgan fingerprint density at radius 3 is 1.33 bits per heavy atom. The second kappa shape index (κ2) is 4.89. The summed E-state index contributed by atoms with van der Waals surface area (Å²) in [6.45, 7) is 9.47. The van der Waals surface area contributed by atoms with E-state index >= 15 is 0 Å². The van der Waals surface area contributed by atoms with E-state index in [9.17, 15) is 0 Å². The van der Waals surface area contributed by atoms with Crippen molar-refractivity contribution in [2.45, 2.75) is 54.4 Å². The largest absolute Gasteiger partial charge is 0.0776 e. The Kier molecular flexibility index (Phi) is 4.89. The molecule has 0 heterocycles. The second-order valence-corrected chi connectivity index (χ2v) is 4.82. The van der Waals surface area contributed by atoms with E-state index < -0.39 is 0 Å². The van der Waals surface area contributed by atoms with E-state index in [4.69, 9.17) is 0 Å². The van der Waals surface area contributed by atoms with Crippen LogP contribution in [-0.4, -0.2) is 0 Å². The second-order valence-electron chi connectivity index (χ2n) is 4.82. The molecule has 0 aromatic carbocycles. The molecule has 1 aliphatic rings. The molecule has 1 fully saturated rings. The predicted molar refractivity (Wildman–Crippen MR) is 57.2 cm³/mol. The number of rotatable bonds is 2. The summed E-state index contributed by atoms with van der Waals surface area (Å²) >= 11 is 0. The van der Waals surface area contributed by atoms with Gasteiger partial charge in [-0.15, -0.1) is 0 Å². The first-order valence-corrected chi connectivity index (χ1v) is 5.11. The molecule has 0 amide bonds. The van der Waals surface area contributed by atoms with Crippen molar-refractivity contribution in [3.63, 3.8) is 0 Å². The highest BCUT2D eigenvalue weighted by Crippen LogP contribution is 2.38. The highest BCUT2D eigenvalue weighted by Gasteiger charge is 2.28. The third kappa shape index (κ3) is 2.80. The Morgan fingerprint density at radius 2 is 1.17 bits per heavy atom. The van der Waals surface area contributed by atoms with Crippen molar-refractivity contribution in [2.24, 2.45) is 23.7 Å². The van der Waals surface area contributed by atoms with E-state index in [2.05, 4.69) is 27.7 Å². The maximum Gasteiger partial charge on any atom is -0.0388 e. The highest BCUT2D eigenvalue weighted by molar-refractivity contribution is 4.78. The minimum absolute atomic E-state index is 0. The zero-order chi connectivity index (χ0) is 8.43. The fourth-order valence-corrected chi connectivity index (χ4v) is 2.26. The average molecular weight is 170 g/mol. The first kappa shape index (κ1) is 12.0. The molecule has 1 saturated carbocycles. The fraction of sp³-hybridized carbons (Fsp3) is 1.00. The molecule has 1 rings (SSSR count). The van der Waals surface area contributed by atoms with Gasteiger partial charge in [-0.2, -0.15) is 0 Å². The molecule has 2 unspecified atom stereocenters. The van der Waals surface area contributed by atoms with Crippen molar-refractivity contribution in [3.8, 4) is 0 Å². The molecule has 0 heteroatoms. The van der Waals surface area contributed by atoms with E-state index in [1.165, 1.54) is 19.3 Å². The molecule has 0 bridgehead atoms. The summed E-state index contributed by atoms with van der Waals surface area (Å²) in [5.41, 5.74) is 0. The fourth-order valence-electron chi connectivity index (χ4n) is 2.26. The summed E-state index contributed by atoms with van der Waals surface area (Å²) in [7, 11) is 0. The zero-order valence-electron chi connectivity index (χ0n) is 8.43. The Morgan fingerprint density at radius 1 is 0.833 bits per heavy atom. The van der Waals surface area contributed by atoms with Gasteiger partial charge in [0.2, 0.25) is 0 Å². The van der Waals surface area contributed by atoms with Gasteiger partial charge in [0.15, 0.2) is 0 Å². The Balaban J connectivity index is 0.00000121. The van der Waals surface area contributed by atoms with Crippen molar-refractivity contribution in [3.05, 3.63) is 0 Å². The van der Waals surface area contributed by atoms with Gasteiger partial charge < -0.3 is 0 Å². The molecule has 12 heavy (non-hydrogen) atoms. The van der Waals surface area contributed by atoms with Gasteiger partial charge in [-0.05, 0) is 42.9 Å². The minimum atomic E-state index is 0. The lowest BCUT2D eigenvalue weighted by Gasteiger charge is -2.16. The maximum absolute atomic E-state index is 2.37. The molecule has 0 aromatic heterocycles. The minimum Gasteiger partial charge on any atom is -0.0776 e. The highest BCUT2D eigenvalue weighted by atomic mass is 14.3. The smallest absolute Gasteiger partial charge is 0.0388 e. The lowest BCUT2D eigenvalue weighted by molar-refractivity contribution is 0.340. The van der Waals surface area contributed by atoms with Crippen LogP contribution < -0.4 is 0 Å². The van der Waals surface area contributed by atoms with Crippen LogP contribution in [0.15, 0.2) is 0 Å². The van der Waals surface area contributed by atoms with Crippen molar-refractivity contribution in [2.75, 3.05) is 0 Å². The summed E-state index contributed by atoms with van der Waals surface area (Å²) in [6.07, 6.45) is 4.47. The van der Waals surface area contributed by atoms with Gasteiger partial charge >= 0.3 is 0 Å². The van der Waals surface area contributed by atoms with Gasteiger partial charge in [0.25, 0.3) is 0 Å². The Bertz CT molecular complexity index is 99.2. The third-order valence-electron chi connectivity index (χ3n) is 3.40. The van der Waals surface area contributed by atoms with Crippen LogP contribution in [0.4, 0.5) is 0 Å². The van der Waals surface area contributed by atoms with Crippen LogP contribution in [0.5, 0.6) is 0 Å². The van der Waals surface area contributed by atoms with Gasteiger partial charge in [0.05, 0.1) is 0 Å². The van der Waals surface area contributed by atoms with E-state index in [0.717, 1.165) is 23.7 Å². The van der Waals surface area contributed by atoms with Crippen LogP contribution in [0.3, 0.4) is 0 Å². The van der Waals surface area contributed by atoms with E-state index in [0.29, 0.717) is 0 Å². The first-order valence-electron chi connectivity index (χ1n) is 5.11. The summed E-state index contributed by atoms with van der Waals surface area (Å²) in [6, 6.07) is 0. The maximum atomic E-state index is 2.37. The van der Waals surface area contributed by atoms with Crippen molar-refractivity contribution in [1.29, 1.82) is 0 Å². The summed E-state index contributed by atoms with van der Waals surface area (Å²) < 4.78 is 0. The molecule has 0 spiro atoms. The lowest BCUT2D eigenvalue weighted by Crippen LogP contribution is -2.07. The third-order valence-corrected chi connectivity index (χ3v) is 3.40. The average Bonchev–Trinajstić information content (AvgIpc) is 2.33. The summed E-state index contributed by atoms with van der Waals surface area (Å²) in [5, 5.41) is 0. The molecule has 0 N–H and O–H groups in total. The standard InChI is InChI=1S/C11H22.CH4/c1-8(2)10-5-6-11(7-10)9(3)4;/h8-11H,5-7H2,1-4H3;1H4.